The zero-order chi connectivity index (χ0) is 13.2. The van der Waals surface area contributed by atoms with Crippen LogP contribution < -0.4 is 5.73 Å². The number of nitrogens with zero attached hydrogens (tertiary/aromatic N) is 1. The van der Waals surface area contributed by atoms with Gasteiger partial charge in [0.05, 0.1) is 6.54 Å². The molecule has 1 aliphatic heterocycles. The summed E-state index contributed by atoms with van der Waals surface area (Å²) in [5.41, 5.74) is 5.52. The molecule has 104 valence electrons. The maximum Gasteiger partial charge on any atom is 0.289 e. The number of hydrogen-bond acceptors (Lipinski definition) is 3. The van der Waals surface area contributed by atoms with E-state index in [1.807, 2.05) is 4.90 Å². The Morgan fingerprint density at radius 1 is 1.26 bits per heavy atom. The molecule has 1 saturated heterocycles. The number of carbonyl (C=O) groups is 1. The zero-order valence-electron chi connectivity index (χ0n) is 11.3. The Morgan fingerprint density at radius 3 is 2.74 bits per heavy atom. The monoisotopic (exact) mass is 262 g/mol. The highest BCUT2D eigenvalue weighted by atomic mass is 16.4. The third-order valence-corrected chi connectivity index (χ3v) is 4.58. The second kappa shape index (κ2) is 5.37. The molecule has 2 heterocycles. The van der Waals surface area contributed by atoms with Crippen LogP contribution in [0.1, 0.15) is 54.8 Å². The van der Waals surface area contributed by atoms with E-state index in [1.54, 1.807) is 12.1 Å². The van der Waals surface area contributed by atoms with Crippen molar-refractivity contribution in [2.45, 2.75) is 51.1 Å². The fourth-order valence-corrected chi connectivity index (χ4v) is 3.62. The standard InChI is InChI=1S/C15H22N2O2/c16-10-12-7-8-14(19-12)15(18)17-9-3-6-13(17)11-4-1-2-5-11/h7-8,11,13H,1-6,9-10,16H2. The first-order valence-corrected chi connectivity index (χ1v) is 7.39. The van der Waals surface area contributed by atoms with Gasteiger partial charge in [0.25, 0.3) is 5.91 Å². The van der Waals surface area contributed by atoms with E-state index in [4.69, 9.17) is 10.2 Å². The zero-order valence-corrected chi connectivity index (χ0v) is 11.3. The van der Waals surface area contributed by atoms with E-state index in [1.165, 1.54) is 25.7 Å². The largest absolute Gasteiger partial charge is 0.455 e. The van der Waals surface area contributed by atoms with E-state index in [-0.39, 0.29) is 5.91 Å². The molecule has 0 spiro atoms. The SMILES string of the molecule is NCc1ccc(C(=O)N2CCCC2C2CCCC2)o1. The number of hydrogen-bond donors (Lipinski definition) is 1. The minimum atomic E-state index is 0.0501. The molecule has 3 rings (SSSR count). The predicted molar refractivity (Wildman–Crippen MR) is 72.6 cm³/mol. The molecule has 2 aliphatic rings. The molecule has 0 radical (unpaired) electrons. The Morgan fingerprint density at radius 2 is 2.05 bits per heavy atom. The van der Waals surface area contributed by atoms with Gasteiger partial charge in [-0.1, -0.05) is 12.8 Å². The van der Waals surface area contributed by atoms with Crippen LogP contribution >= 0.6 is 0 Å². The quantitative estimate of drug-likeness (QED) is 0.910. The van der Waals surface area contributed by atoms with Crippen molar-refractivity contribution in [1.29, 1.82) is 0 Å². The van der Waals surface area contributed by atoms with Crippen LogP contribution in [0.15, 0.2) is 16.5 Å². The molecule has 1 amide bonds. The third-order valence-electron chi connectivity index (χ3n) is 4.58. The molecule has 1 aromatic heterocycles. The Bertz CT molecular complexity index is 449. The van der Waals surface area contributed by atoms with Crippen LogP contribution in [0.25, 0.3) is 0 Å². The van der Waals surface area contributed by atoms with Gasteiger partial charge < -0.3 is 15.1 Å². The van der Waals surface area contributed by atoms with Gasteiger partial charge in [0.15, 0.2) is 5.76 Å². The van der Waals surface area contributed by atoms with E-state index in [9.17, 15) is 4.79 Å². The van der Waals surface area contributed by atoms with Crippen LogP contribution in [0.4, 0.5) is 0 Å². The number of amides is 1. The van der Waals surface area contributed by atoms with Crippen LogP contribution in [0.2, 0.25) is 0 Å². The van der Waals surface area contributed by atoms with E-state index >= 15 is 0 Å². The summed E-state index contributed by atoms with van der Waals surface area (Å²) in [4.78, 5) is 14.6. The van der Waals surface area contributed by atoms with Gasteiger partial charge in [-0.3, -0.25) is 4.79 Å². The van der Waals surface area contributed by atoms with Crippen LogP contribution in [0.5, 0.6) is 0 Å². The number of carbonyl (C=O) groups excluding carboxylic acids is 1. The van der Waals surface area contributed by atoms with E-state index in [0.29, 0.717) is 30.0 Å². The summed E-state index contributed by atoms with van der Waals surface area (Å²) in [5.74, 6) is 1.88. The molecule has 4 heteroatoms. The van der Waals surface area contributed by atoms with Crippen molar-refractivity contribution in [2.24, 2.45) is 11.7 Å². The van der Waals surface area contributed by atoms with E-state index in [2.05, 4.69) is 0 Å². The average Bonchev–Trinajstić information content (AvgIpc) is 3.16. The minimum absolute atomic E-state index is 0.0501. The molecule has 19 heavy (non-hydrogen) atoms. The maximum absolute atomic E-state index is 12.5. The van der Waals surface area contributed by atoms with Gasteiger partial charge >= 0.3 is 0 Å². The van der Waals surface area contributed by atoms with Crippen molar-refractivity contribution in [3.8, 4) is 0 Å². The lowest BCUT2D eigenvalue weighted by molar-refractivity contribution is 0.0655. The summed E-state index contributed by atoms with van der Waals surface area (Å²) in [5, 5.41) is 0. The normalized spacial score (nSPS) is 24.3. The summed E-state index contributed by atoms with van der Waals surface area (Å²) in [7, 11) is 0. The van der Waals surface area contributed by atoms with Crippen molar-refractivity contribution in [1.82, 2.24) is 4.90 Å². The first-order valence-electron chi connectivity index (χ1n) is 7.39. The molecule has 2 N–H and O–H groups in total. The third kappa shape index (κ3) is 2.41. The number of nitrogens with two attached hydrogens (primary N) is 1. The summed E-state index contributed by atoms with van der Waals surface area (Å²) in [6, 6.07) is 3.99. The maximum atomic E-state index is 12.5. The molecule has 1 aliphatic carbocycles. The number of rotatable bonds is 3. The van der Waals surface area contributed by atoms with Gasteiger partial charge in [-0.15, -0.1) is 0 Å². The summed E-state index contributed by atoms with van der Waals surface area (Å²) in [6.45, 7) is 1.22. The Kier molecular flexibility index (Phi) is 3.60. The molecular weight excluding hydrogens is 240 g/mol. The van der Waals surface area contributed by atoms with Crippen LogP contribution in [-0.2, 0) is 6.54 Å². The summed E-state index contributed by atoms with van der Waals surface area (Å²) in [6.07, 6.45) is 7.47. The molecule has 1 atom stereocenters. The lowest BCUT2D eigenvalue weighted by Crippen LogP contribution is -2.39. The molecule has 1 saturated carbocycles. The molecule has 1 aromatic rings. The fourth-order valence-electron chi connectivity index (χ4n) is 3.62. The van der Waals surface area contributed by atoms with Gasteiger partial charge in [0.2, 0.25) is 0 Å². The van der Waals surface area contributed by atoms with Crippen molar-refractivity contribution >= 4 is 5.91 Å². The second-order valence-corrected chi connectivity index (χ2v) is 5.72. The van der Waals surface area contributed by atoms with Crippen molar-refractivity contribution in [3.63, 3.8) is 0 Å². The smallest absolute Gasteiger partial charge is 0.289 e. The molecular formula is C15H22N2O2. The first-order chi connectivity index (χ1) is 9.29. The van der Waals surface area contributed by atoms with Crippen molar-refractivity contribution < 1.29 is 9.21 Å². The van der Waals surface area contributed by atoms with E-state index in [0.717, 1.165) is 19.4 Å². The predicted octanol–water partition coefficient (Wildman–Crippen LogP) is 2.53. The molecule has 4 nitrogen and oxygen atoms in total. The second-order valence-electron chi connectivity index (χ2n) is 5.72. The fraction of sp³-hybridized carbons (Fsp3) is 0.667. The summed E-state index contributed by atoms with van der Waals surface area (Å²) < 4.78 is 5.50. The summed E-state index contributed by atoms with van der Waals surface area (Å²) >= 11 is 0. The van der Waals surface area contributed by atoms with Gasteiger partial charge in [0.1, 0.15) is 5.76 Å². The van der Waals surface area contributed by atoms with Crippen LogP contribution in [0, 0.1) is 5.92 Å². The highest BCUT2D eigenvalue weighted by molar-refractivity contribution is 5.92. The van der Waals surface area contributed by atoms with Crippen molar-refractivity contribution in [3.05, 3.63) is 23.7 Å². The molecule has 1 unspecified atom stereocenters. The van der Waals surface area contributed by atoms with Gasteiger partial charge in [-0.25, -0.2) is 0 Å². The molecule has 0 bridgehead atoms. The topological polar surface area (TPSA) is 59.5 Å². The van der Waals surface area contributed by atoms with Gasteiger partial charge in [-0.05, 0) is 43.7 Å². The Labute approximate surface area is 113 Å². The average molecular weight is 262 g/mol. The van der Waals surface area contributed by atoms with E-state index < -0.39 is 0 Å². The molecule has 2 fully saturated rings. The van der Waals surface area contributed by atoms with Crippen molar-refractivity contribution in [2.75, 3.05) is 6.54 Å². The Balaban J connectivity index is 1.74. The molecule has 0 aromatic carbocycles. The van der Waals surface area contributed by atoms with Gasteiger partial charge in [0, 0.05) is 12.6 Å². The first kappa shape index (κ1) is 12.7. The minimum Gasteiger partial charge on any atom is -0.455 e. The van der Waals surface area contributed by atoms with Gasteiger partial charge in [-0.2, -0.15) is 0 Å². The van der Waals surface area contributed by atoms with Crippen LogP contribution in [-0.4, -0.2) is 23.4 Å². The highest BCUT2D eigenvalue weighted by Crippen LogP contribution is 2.36. The number of furan rings is 1. The van der Waals surface area contributed by atoms with Crippen LogP contribution in [0.3, 0.4) is 0 Å². The Hall–Kier alpha value is -1.29. The highest BCUT2D eigenvalue weighted by Gasteiger charge is 2.37. The lowest BCUT2D eigenvalue weighted by Gasteiger charge is -2.28. The lowest BCUT2D eigenvalue weighted by atomic mass is 9.96. The number of likely N-dealkylation sites (tertiary alicyclic amines) is 1.